The summed E-state index contributed by atoms with van der Waals surface area (Å²) in [6.07, 6.45) is 2.70. The van der Waals surface area contributed by atoms with Crippen LogP contribution in [-0.4, -0.2) is 59.9 Å². The molecule has 0 bridgehead atoms. The second-order valence-corrected chi connectivity index (χ2v) is 9.47. The van der Waals surface area contributed by atoms with Crippen molar-refractivity contribution < 1.29 is 19.1 Å². The predicted octanol–water partition coefficient (Wildman–Crippen LogP) is 5.31. The fourth-order valence-electron chi connectivity index (χ4n) is 4.63. The van der Waals surface area contributed by atoms with Crippen molar-refractivity contribution in [3.05, 3.63) is 95.7 Å². The van der Waals surface area contributed by atoms with Crippen molar-refractivity contribution in [3.8, 4) is 11.5 Å². The number of aromatic nitrogens is 1. The monoisotopic (exact) mass is 513 g/mol. The summed E-state index contributed by atoms with van der Waals surface area (Å²) in [5.41, 5.74) is 3.58. The minimum Gasteiger partial charge on any atom is -0.496 e. The molecule has 1 aromatic heterocycles. The Labute approximate surface area is 224 Å². The Kier molecular flexibility index (Phi) is 8.69. The summed E-state index contributed by atoms with van der Waals surface area (Å²) in [6, 6.07) is 23.1. The van der Waals surface area contributed by atoms with Crippen LogP contribution in [0.5, 0.6) is 11.5 Å². The Hall–Kier alpha value is -4.26. The molecule has 0 spiro atoms. The lowest BCUT2D eigenvalue weighted by molar-refractivity contribution is -0.132. The molecule has 2 amide bonds. The van der Waals surface area contributed by atoms with Crippen LogP contribution < -0.4 is 9.47 Å². The third-order valence-corrected chi connectivity index (χ3v) is 6.73. The van der Waals surface area contributed by atoms with Crippen molar-refractivity contribution in [2.75, 3.05) is 27.3 Å². The molecule has 4 aromatic rings. The number of ether oxygens (including phenoxy) is 2. The number of benzene rings is 3. The number of amides is 2. The summed E-state index contributed by atoms with van der Waals surface area (Å²) in [7, 11) is 3.03. The van der Waals surface area contributed by atoms with Crippen LogP contribution in [0.25, 0.3) is 10.9 Å². The number of fused-ring (bicyclic) bond motifs is 1. The van der Waals surface area contributed by atoms with E-state index in [1.165, 1.54) is 14.2 Å². The van der Waals surface area contributed by atoms with Crippen molar-refractivity contribution in [3.63, 3.8) is 0 Å². The summed E-state index contributed by atoms with van der Waals surface area (Å²) in [5.74, 6) is 0.393. The lowest BCUT2D eigenvalue weighted by Gasteiger charge is -2.31. The van der Waals surface area contributed by atoms with Crippen molar-refractivity contribution in [2.45, 2.75) is 32.9 Å². The number of H-pyrrole nitrogens is 1. The fraction of sp³-hybridized carbons (Fsp3) is 0.290. The first kappa shape index (κ1) is 26.8. The molecule has 0 unspecified atom stereocenters. The Morgan fingerprint density at radius 1 is 0.868 bits per heavy atom. The molecule has 1 N–H and O–H groups in total. The highest BCUT2D eigenvalue weighted by Crippen LogP contribution is 2.30. The first-order valence-electron chi connectivity index (χ1n) is 12.8. The second-order valence-electron chi connectivity index (χ2n) is 9.47. The van der Waals surface area contributed by atoms with E-state index in [-0.39, 0.29) is 24.4 Å². The van der Waals surface area contributed by atoms with E-state index in [9.17, 15) is 9.59 Å². The van der Waals surface area contributed by atoms with Crippen LogP contribution in [0.4, 0.5) is 0 Å². The maximum absolute atomic E-state index is 13.8. The van der Waals surface area contributed by atoms with E-state index in [0.29, 0.717) is 36.6 Å². The van der Waals surface area contributed by atoms with Gasteiger partial charge in [-0.05, 0) is 49.6 Å². The zero-order valence-corrected chi connectivity index (χ0v) is 22.4. The number of para-hydroxylation sites is 1. The molecule has 0 aliphatic carbocycles. The van der Waals surface area contributed by atoms with Gasteiger partial charge in [-0.1, -0.05) is 54.6 Å². The Balaban J connectivity index is 1.58. The number of carbonyl (C=O) groups is 2. The zero-order chi connectivity index (χ0) is 27.1. The number of carbonyl (C=O) groups excluding carboxylic acids is 2. The Morgan fingerprint density at radius 2 is 1.53 bits per heavy atom. The van der Waals surface area contributed by atoms with Crippen LogP contribution in [0.1, 0.15) is 35.3 Å². The summed E-state index contributed by atoms with van der Waals surface area (Å²) < 4.78 is 10.9. The zero-order valence-electron chi connectivity index (χ0n) is 22.4. The van der Waals surface area contributed by atoms with E-state index in [4.69, 9.17) is 9.47 Å². The highest BCUT2D eigenvalue weighted by atomic mass is 16.5. The van der Waals surface area contributed by atoms with Gasteiger partial charge in [0.05, 0.1) is 14.2 Å². The molecule has 3 aromatic carbocycles. The van der Waals surface area contributed by atoms with Gasteiger partial charge in [0, 0.05) is 36.2 Å². The first-order valence-corrected chi connectivity index (χ1v) is 12.8. The molecule has 0 aliphatic rings. The van der Waals surface area contributed by atoms with Gasteiger partial charge in [-0.25, -0.2) is 0 Å². The molecule has 38 heavy (non-hydrogen) atoms. The number of nitrogens with one attached hydrogen (secondary N) is 1. The largest absolute Gasteiger partial charge is 0.496 e. The normalized spacial score (nSPS) is 11.0. The standard InChI is InChI=1S/C31H35N3O4/c1-22(2)34(31(36)30-27(37-3)15-10-16-28(30)38-4)21-29(35)33(20-23-11-6-5-7-12-23)18-17-24-19-32-26-14-9-8-13-25(24)26/h5-16,19,22,32H,17-18,20-21H2,1-4H3. The van der Waals surface area contributed by atoms with Gasteiger partial charge in [0.15, 0.2) is 0 Å². The summed E-state index contributed by atoms with van der Waals surface area (Å²) in [6.45, 7) is 4.73. The summed E-state index contributed by atoms with van der Waals surface area (Å²) in [5, 5.41) is 1.15. The maximum Gasteiger partial charge on any atom is 0.262 e. The third kappa shape index (κ3) is 5.99. The van der Waals surface area contributed by atoms with E-state index in [0.717, 1.165) is 22.0 Å². The van der Waals surface area contributed by atoms with Crippen LogP contribution >= 0.6 is 0 Å². The smallest absolute Gasteiger partial charge is 0.262 e. The lowest BCUT2D eigenvalue weighted by Crippen LogP contribution is -2.46. The topological polar surface area (TPSA) is 74.9 Å². The van der Waals surface area contributed by atoms with Crippen LogP contribution in [0, 0.1) is 0 Å². The maximum atomic E-state index is 13.8. The highest BCUT2D eigenvalue weighted by molar-refractivity contribution is 6.01. The quantitative estimate of drug-likeness (QED) is 0.295. The number of hydrogen-bond donors (Lipinski definition) is 1. The third-order valence-electron chi connectivity index (χ3n) is 6.73. The van der Waals surface area contributed by atoms with Gasteiger partial charge in [0.2, 0.25) is 5.91 Å². The number of hydrogen-bond acceptors (Lipinski definition) is 4. The molecule has 0 saturated heterocycles. The molecule has 7 heteroatoms. The van der Waals surface area contributed by atoms with E-state index in [1.54, 1.807) is 23.1 Å². The second kappa shape index (κ2) is 12.3. The molecule has 0 fully saturated rings. The van der Waals surface area contributed by atoms with Gasteiger partial charge in [0.1, 0.15) is 23.6 Å². The molecular weight excluding hydrogens is 478 g/mol. The number of methoxy groups -OCH3 is 2. The highest BCUT2D eigenvalue weighted by Gasteiger charge is 2.29. The molecule has 0 radical (unpaired) electrons. The number of aromatic amines is 1. The van der Waals surface area contributed by atoms with Gasteiger partial charge < -0.3 is 24.3 Å². The fourth-order valence-corrected chi connectivity index (χ4v) is 4.63. The summed E-state index contributed by atoms with van der Waals surface area (Å²) >= 11 is 0. The molecule has 0 atom stereocenters. The average Bonchev–Trinajstić information content (AvgIpc) is 3.36. The molecule has 1 heterocycles. The number of nitrogens with zero attached hydrogens (tertiary/aromatic N) is 2. The van der Waals surface area contributed by atoms with Crippen LogP contribution in [0.15, 0.2) is 79.0 Å². The van der Waals surface area contributed by atoms with Crippen molar-refractivity contribution in [1.82, 2.24) is 14.8 Å². The van der Waals surface area contributed by atoms with Crippen molar-refractivity contribution >= 4 is 22.7 Å². The van der Waals surface area contributed by atoms with Gasteiger partial charge in [-0.3, -0.25) is 9.59 Å². The molecule has 0 aliphatic heterocycles. The molecule has 4 rings (SSSR count). The molecular formula is C31H35N3O4. The van der Waals surface area contributed by atoms with Gasteiger partial charge >= 0.3 is 0 Å². The SMILES string of the molecule is COc1cccc(OC)c1C(=O)N(CC(=O)N(CCc1c[nH]c2ccccc12)Cc1ccccc1)C(C)C. The van der Waals surface area contributed by atoms with Crippen LogP contribution in [0.2, 0.25) is 0 Å². The van der Waals surface area contributed by atoms with Crippen LogP contribution in [-0.2, 0) is 17.8 Å². The Morgan fingerprint density at radius 3 is 2.18 bits per heavy atom. The van der Waals surface area contributed by atoms with Gasteiger partial charge in [-0.2, -0.15) is 0 Å². The van der Waals surface area contributed by atoms with E-state index >= 15 is 0 Å². The predicted molar refractivity (Wildman–Crippen MR) is 150 cm³/mol. The summed E-state index contributed by atoms with van der Waals surface area (Å²) in [4.78, 5) is 34.3. The first-order chi connectivity index (χ1) is 18.4. The van der Waals surface area contributed by atoms with E-state index in [1.807, 2.05) is 73.5 Å². The van der Waals surface area contributed by atoms with Gasteiger partial charge in [-0.15, -0.1) is 0 Å². The number of rotatable bonds is 11. The lowest BCUT2D eigenvalue weighted by atomic mass is 10.1. The minimum absolute atomic E-state index is 0.0571. The van der Waals surface area contributed by atoms with Crippen LogP contribution in [0.3, 0.4) is 0 Å². The molecule has 198 valence electrons. The molecule has 7 nitrogen and oxygen atoms in total. The van der Waals surface area contributed by atoms with E-state index in [2.05, 4.69) is 11.1 Å². The average molecular weight is 514 g/mol. The van der Waals surface area contributed by atoms with Crippen molar-refractivity contribution in [2.24, 2.45) is 0 Å². The Bertz CT molecular complexity index is 1360. The van der Waals surface area contributed by atoms with E-state index < -0.39 is 0 Å². The minimum atomic E-state index is -0.307. The van der Waals surface area contributed by atoms with Crippen molar-refractivity contribution in [1.29, 1.82) is 0 Å². The molecule has 0 saturated carbocycles. The van der Waals surface area contributed by atoms with Gasteiger partial charge in [0.25, 0.3) is 5.91 Å².